The van der Waals surface area contributed by atoms with Gasteiger partial charge in [-0.05, 0) is 6.42 Å². The Kier molecular flexibility index (Phi) is 15.4. The van der Waals surface area contributed by atoms with Crippen molar-refractivity contribution in [3.8, 4) is 0 Å². The summed E-state index contributed by atoms with van der Waals surface area (Å²) in [5, 5.41) is 27.6. The molecule has 0 saturated heterocycles. The third-order valence-corrected chi connectivity index (χ3v) is 4.43. The zero-order valence-electron chi connectivity index (χ0n) is 16.4. The average molecular weight is 375 g/mol. The summed E-state index contributed by atoms with van der Waals surface area (Å²) < 4.78 is 4.50. The van der Waals surface area contributed by atoms with Crippen molar-refractivity contribution < 1.29 is 29.6 Å². The highest BCUT2D eigenvalue weighted by molar-refractivity contribution is 5.76. The number of hydrogen-bond donors (Lipinski definition) is 3. The summed E-state index contributed by atoms with van der Waals surface area (Å²) in [7, 11) is 0. The van der Waals surface area contributed by atoms with Crippen molar-refractivity contribution in [2.24, 2.45) is 0 Å². The molecule has 0 bridgehead atoms. The van der Waals surface area contributed by atoms with Gasteiger partial charge in [0.2, 0.25) is 0 Å². The topological polar surface area (TPSA) is 104 Å². The Hall–Kier alpha value is -1.14. The Morgan fingerprint density at radius 1 is 0.731 bits per heavy atom. The molecule has 0 spiro atoms. The number of unbranched alkanes of at least 4 members (excludes halogenated alkanes) is 12. The normalized spacial score (nSPS) is 11.5. The van der Waals surface area contributed by atoms with Crippen LogP contribution in [0.15, 0.2) is 0 Å². The van der Waals surface area contributed by atoms with E-state index in [1.807, 2.05) is 0 Å². The molecule has 0 heterocycles. The molecule has 154 valence electrons. The molecule has 6 heteroatoms. The van der Waals surface area contributed by atoms with Crippen LogP contribution in [0.25, 0.3) is 0 Å². The number of carboxylic acid groups (broad SMARTS) is 1. The molecule has 0 aliphatic carbocycles. The van der Waals surface area contributed by atoms with Crippen molar-refractivity contribution in [2.75, 3.05) is 0 Å². The molecule has 0 aliphatic rings. The highest BCUT2D eigenvalue weighted by atomic mass is 16.8. The monoisotopic (exact) mass is 374 g/mol. The lowest BCUT2D eigenvalue weighted by Gasteiger charge is -2.21. The third kappa shape index (κ3) is 17.7. The van der Waals surface area contributed by atoms with E-state index < -0.39 is 17.9 Å². The standard InChI is InChI=1S/C20H38O6/c1-2-3-4-5-6-7-8-9-10-11-12-13-14-17-20(24,25)26-19(23)16-15-18(21)22/h24-25H,2-17H2,1H3,(H,21,22). The van der Waals surface area contributed by atoms with Gasteiger partial charge in [-0.2, -0.15) is 0 Å². The van der Waals surface area contributed by atoms with Gasteiger partial charge in [0.25, 0.3) is 0 Å². The Balaban J connectivity index is 3.45. The highest BCUT2D eigenvalue weighted by Crippen LogP contribution is 2.17. The number of hydrogen-bond acceptors (Lipinski definition) is 5. The van der Waals surface area contributed by atoms with Crippen LogP contribution in [0.5, 0.6) is 0 Å². The van der Waals surface area contributed by atoms with Gasteiger partial charge in [-0.1, -0.05) is 84.0 Å². The molecular formula is C20H38O6. The number of aliphatic carboxylic acids is 1. The zero-order chi connectivity index (χ0) is 19.7. The van der Waals surface area contributed by atoms with Crippen LogP contribution in [0.2, 0.25) is 0 Å². The fourth-order valence-corrected chi connectivity index (χ4v) is 2.87. The van der Waals surface area contributed by atoms with E-state index in [9.17, 15) is 19.8 Å². The first-order valence-corrected chi connectivity index (χ1v) is 10.3. The largest absolute Gasteiger partial charge is 0.481 e. The van der Waals surface area contributed by atoms with Crippen LogP contribution >= 0.6 is 0 Å². The molecular weight excluding hydrogens is 336 g/mol. The van der Waals surface area contributed by atoms with Crippen molar-refractivity contribution in [3.63, 3.8) is 0 Å². The molecule has 0 saturated carbocycles. The number of carbonyl (C=O) groups is 2. The number of carboxylic acids is 1. The fraction of sp³-hybridized carbons (Fsp3) is 0.900. The lowest BCUT2D eigenvalue weighted by molar-refractivity contribution is -0.322. The lowest BCUT2D eigenvalue weighted by atomic mass is 10.0. The fourth-order valence-electron chi connectivity index (χ4n) is 2.87. The molecule has 0 aromatic carbocycles. The highest BCUT2D eigenvalue weighted by Gasteiger charge is 2.27. The summed E-state index contributed by atoms with van der Waals surface area (Å²) in [4.78, 5) is 21.6. The number of esters is 1. The quantitative estimate of drug-likeness (QED) is 0.185. The maximum atomic E-state index is 11.3. The van der Waals surface area contributed by atoms with E-state index in [4.69, 9.17) is 5.11 Å². The molecule has 0 aromatic heterocycles. The van der Waals surface area contributed by atoms with E-state index in [1.165, 1.54) is 57.8 Å². The molecule has 6 nitrogen and oxygen atoms in total. The van der Waals surface area contributed by atoms with Crippen LogP contribution in [0.1, 0.15) is 110 Å². The summed E-state index contributed by atoms with van der Waals surface area (Å²) in [6.07, 6.45) is 14.6. The lowest BCUT2D eigenvalue weighted by Crippen LogP contribution is -2.34. The van der Waals surface area contributed by atoms with Crippen molar-refractivity contribution in [1.82, 2.24) is 0 Å². The number of aliphatic hydroxyl groups is 2. The van der Waals surface area contributed by atoms with Crippen molar-refractivity contribution >= 4 is 11.9 Å². The second-order valence-corrected chi connectivity index (χ2v) is 7.10. The molecule has 0 amide bonds. The first-order chi connectivity index (χ1) is 12.4. The molecule has 0 fully saturated rings. The SMILES string of the molecule is CCCCCCCCCCCCCCCC(O)(O)OC(=O)CCC(=O)O. The van der Waals surface area contributed by atoms with Gasteiger partial charge >= 0.3 is 17.9 Å². The summed E-state index contributed by atoms with van der Waals surface area (Å²) in [5.74, 6) is -4.53. The molecule has 0 atom stereocenters. The molecule has 3 N–H and O–H groups in total. The smallest absolute Gasteiger partial charge is 0.324 e. The maximum absolute atomic E-state index is 11.3. The van der Waals surface area contributed by atoms with E-state index in [0.29, 0.717) is 6.42 Å². The van der Waals surface area contributed by atoms with Gasteiger partial charge in [0, 0.05) is 6.42 Å². The summed E-state index contributed by atoms with van der Waals surface area (Å²) in [6, 6.07) is 0. The first kappa shape index (κ1) is 24.9. The van der Waals surface area contributed by atoms with E-state index in [1.54, 1.807) is 0 Å². The minimum atomic E-state index is -2.49. The maximum Gasteiger partial charge on any atom is 0.324 e. The van der Waals surface area contributed by atoms with Crippen molar-refractivity contribution in [3.05, 3.63) is 0 Å². The first-order valence-electron chi connectivity index (χ1n) is 10.3. The molecule has 0 rings (SSSR count). The molecule has 0 aliphatic heterocycles. The Morgan fingerprint density at radius 2 is 1.15 bits per heavy atom. The van der Waals surface area contributed by atoms with Gasteiger partial charge < -0.3 is 20.1 Å². The third-order valence-electron chi connectivity index (χ3n) is 4.43. The van der Waals surface area contributed by atoms with Gasteiger partial charge in [0.1, 0.15) is 0 Å². The van der Waals surface area contributed by atoms with E-state index in [-0.39, 0.29) is 19.3 Å². The van der Waals surface area contributed by atoms with Crippen LogP contribution in [0.3, 0.4) is 0 Å². The van der Waals surface area contributed by atoms with E-state index >= 15 is 0 Å². The van der Waals surface area contributed by atoms with Crippen molar-refractivity contribution in [2.45, 2.75) is 116 Å². The van der Waals surface area contributed by atoms with Gasteiger partial charge in [-0.15, -0.1) is 0 Å². The molecule has 0 aromatic rings. The number of carbonyl (C=O) groups excluding carboxylic acids is 1. The van der Waals surface area contributed by atoms with Crippen LogP contribution in [0, 0.1) is 0 Å². The van der Waals surface area contributed by atoms with Crippen molar-refractivity contribution in [1.29, 1.82) is 0 Å². The van der Waals surface area contributed by atoms with Crippen LogP contribution < -0.4 is 0 Å². The molecule has 26 heavy (non-hydrogen) atoms. The molecule has 0 radical (unpaired) electrons. The van der Waals surface area contributed by atoms with E-state index in [0.717, 1.165) is 19.3 Å². The van der Waals surface area contributed by atoms with Gasteiger partial charge in [0.15, 0.2) is 0 Å². The molecule has 0 unspecified atom stereocenters. The van der Waals surface area contributed by atoms with Crippen LogP contribution in [-0.2, 0) is 14.3 Å². The minimum absolute atomic E-state index is 0.0520. The Morgan fingerprint density at radius 3 is 1.58 bits per heavy atom. The van der Waals surface area contributed by atoms with Crippen LogP contribution in [0.4, 0.5) is 0 Å². The predicted octanol–water partition coefficient (Wildman–Crippen LogP) is 4.51. The average Bonchev–Trinajstić information content (AvgIpc) is 2.56. The number of ether oxygens (including phenoxy) is 1. The Labute approximate surface area is 157 Å². The summed E-state index contributed by atoms with van der Waals surface area (Å²) in [6.45, 7) is 2.23. The van der Waals surface area contributed by atoms with Gasteiger partial charge in [-0.25, -0.2) is 0 Å². The Bertz CT molecular complexity index is 367. The van der Waals surface area contributed by atoms with Gasteiger partial charge in [0.05, 0.1) is 12.8 Å². The summed E-state index contributed by atoms with van der Waals surface area (Å²) in [5.41, 5.74) is 0. The van der Waals surface area contributed by atoms with E-state index in [2.05, 4.69) is 11.7 Å². The van der Waals surface area contributed by atoms with Gasteiger partial charge in [-0.3, -0.25) is 9.59 Å². The second-order valence-electron chi connectivity index (χ2n) is 7.10. The second kappa shape index (κ2) is 16.1. The van der Waals surface area contributed by atoms with Crippen LogP contribution in [-0.4, -0.2) is 33.2 Å². The number of rotatable bonds is 18. The summed E-state index contributed by atoms with van der Waals surface area (Å²) >= 11 is 0. The minimum Gasteiger partial charge on any atom is -0.481 e. The predicted molar refractivity (Wildman–Crippen MR) is 100 cm³/mol. The zero-order valence-corrected chi connectivity index (χ0v) is 16.4.